The molecule has 2 aromatic carbocycles. The standard InChI is InChI=1S/C36H50N2O4/c1-4-6-7-8-11-14-25-40-33-23-21-31(22-24-33)30-17-19-32(20-18-30)35-37-27-34(28-38-35)42-36(39)41-26-15-12-9-10-13-16-29(3)5-2/h17-24,27-29H,4-16,25-26H2,1-3H3/t29-/m0/s1. The Labute approximate surface area is 253 Å². The fourth-order valence-corrected chi connectivity index (χ4v) is 4.76. The largest absolute Gasteiger partial charge is 0.513 e. The molecule has 42 heavy (non-hydrogen) atoms. The minimum atomic E-state index is -0.716. The van der Waals surface area contributed by atoms with Gasteiger partial charge in [0.25, 0.3) is 0 Å². The Balaban J connectivity index is 1.35. The highest BCUT2D eigenvalue weighted by atomic mass is 16.7. The first-order valence-corrected chi connectivity index (χ1v) is 16.1. The van der Waals surface area contributed by atoms with Gasteiger partial charge in [-0.05, 0) is 42.0 Å². The van der Waals surface area contributed by atoms with E-state index in [-0.39, 0.29) is 5.75 Å². The molecule has 0 aliphatic heterocycles. The Kier molecular flexibility index (Phi) is 15.5. The van der Waals surface area contributed by atoms with Gasteiger partial charge in [0.1, 0.15) is 5.75 Å². The van der Waals surface area contributed by atoms with Crippen LogP contribution in [0.2, 0.25) is 0 Å². The van der Waals surface area contributed by atoms with E-state index in [0.29, 0.717) is 12.4 Å². The van der Waals surface area contributed by atoms with Crippen LogP contribution in [0.1, 0.15) is 104 Å². The summed E-state index contributed by atoms with van der Waals surface area (Å²) in [4.78, 5) is 20.7. The Morgan fingerprint density at radius 2 is 1.21 bits per heavy atom. The maximum atomic E-state index is 12.0. The van der Waals surface area contributed by atoms with Crippen LogP contribution in [0.5, 0.6) is 11.5 Å². The molecule has 0 radical (unpaired) electrons. The second-order valence-corrected chi connectivity index (χ2v) is 11.2. The molecule has 0 unspecified atom stereocenters. The number of unbranched alkanes of at least 4 members (excludes halogenated alkanes) is 9. The highest BCUT2D eigenvalue weighted by Crippen LogP contribution is 2.26. The van der Waals surface area contributed by atoms with Crippen molar-refractivity contribution < 1.29 is 19.0 Å². The lowest BCUT2D eigenvalue weighted by Crippen LogP contribution is -2.12. The highest BCUT2D eigenvalue weighted by Gasteiger charge is 2.09. The Hall–Kier alpha value is -3.41. The first kappa shape index (κ1) is 33.1. The number of benzene rings is 2. The summed E-state index contributed by atoms with van der Waals surface area (Å²) < 4.78 is 16.3. The van der Waals surface area contributed by atoms with E-state index >= 15 is 0 Å². The van der Waals surface area contributed by atoms with Gasteiger partial charge in [-0.3, -0.25) is 0 Å². The molecule has 0 spiro atoms. The predicted octanol–water partition coefficient (Wildman–Crippen LogP) is 10.5. The molecule has 0 fully saturated rings. The smallest absolute Gasteiger partial charge is 0.494 e. The SMILES string of the molecule is CCCCCCCCOc1ccc(-c2ccc(-c3ncc(OC(=O)OCCCCCCC[C@@H](C)CC)cn3)cc2)cc1. The van der Waals surface area contributed by atoms with Crippen molar-refractivity contribution in [2.45, 2.75) is 104 Å². The number of aromatic nitrogens is 2. The molecule has 3 aromatic rings. The number of nitrogens with zero attached hydrogens (tertiary/aromatic N) is 2. The molecule has 0 bridgehead atoms. The number of ether oxygens (including phenoxy) is 3. The summed E-state index contributed by atoms with van der Waals surface area (Å²) >= 11 is 0. The van der Waals surface area contributed by atoms with Crippen LogP contribution in [0, 0.1) is 5.92 Å². The maximum absolute atomic E-state index is 12.0. The third-order valence-corrected chi connectivity index (χ3v) is 7.68. The molecule has 0 saturated heterocycles. The molecule has 1 heterocycles. The Morgan fingerprint density at radius 1 is 0.667 bits per heavy atom. The molecule has 1 aromatic heterocycles. The van der Waals surface area contributed by atoms with Crippen LogP contribution in [-0.4, -0.2) is 29.3 Å². The van der Waals surface area contributed by atoms with Crippen molar-refractivity contribution in [2.75, 3.05) is 13.2 Å². The van der Waals surface area contributed by atoms with Crippen molar-refractivity contribution >= 4 is 6.16 Å². The van der Waals surface area contributed by atoms with Gasteiger partial charge < -0.3 is 14.2 Å². The zero-order valence-electron chi connectivity index (χ0n) is 26.0. The van der Waals surface area contributed by atoms with Gasteiger partial charge in [0.2, 0.25) is 0 Å². The van der Waals surface area contributed by atoms with E-state index in [1.165, 1.54) is 76.6 Å². The summed E-state index contributed by atoms with van der Waals surface area (Å²) in [5.41, 5.74) is 3.11. The van der Waals surface area contributed by atoms with Crippen molar-refractivity contribution in [1.29, 1.82) is 0 Å². The summed E-state index contributed by atoms with van der Waals surface area (Å²) in [6.45, 7) is 7.93. The maximum Gasteiger partial charge on any atom is 0.513 e. The number of carbonyl (C=O) groups excluding carboxylic acids is 1. The average molecular weight is 575 g/mol. The predicted molar refractivity (Wildman–Crippen MR) is 171 cm³/mol. The lowest BCUT2D eigenvalue weighted by molar-refractivity contribution is 0.0970. The van der Waals surface area contributed by atoms with Crippen molar-refractivity contribution in [1.82, 2.24) is 9.97 Å². The summed E-state index contributed by atoms with van der Waals surface area (Å²) in [6, 6.07) is 16.3. The van der Waals surface area contributed by atoms with Crippen LogP contribution in [0.15, 0.2) is 60.9 Å². The van der Waals surface area contributed by atoms with Crippen molar-refractivity contribution in [3.05, 3.63) is 60.9 Å². The summed E-state index contributed by atoms with van der Waals surface area (Å²) in [5.74, 6) is 2.56. The van der Waals surface area contributed by atoms with Gasteiger partial charge >= 0.3 is 6.16 Å². The van der Waals surface area contributed by atoms with Gasteiger partial charge in [0.15, 0.2) is 11.6 Å². The van der Waals surface area contributed by atoms with Gasteiger partial charge in [-0.15, -0.1) is 0 Å². The first-order valence-electron chi connectivity index (χ1n) is 16.1. The molecule has 0 amide bonds. The Bertz CT molecular complexity index is 1130. The van der Waals surface area contributed by atoms with E-state index in [1.807, 2.05) is 24.3 Å². The van der Waals surface area contributed by atoms with Gasteiger partial charge in [-0.25, -0.2) is 14.8 Å². The van der Waals surface area contributed by atoms with E-state index in [0.717, 1.165) is 54.2 Å². The summed E-state index contributed by atoms with van der Waals surface area (Å²) in [6.07, 6.45) is 18.0. The van der Waals surface area contributed by atoms with Crippen LogP contribution >= 0.6 is 0 Å². The van der Waals surface area contributed by atoms with Crippen molar-refractivity contribution in [3.63, 3.8) is 0 Å². The van der Waals surface area contributed by atoms with Gasteiger partial charge in [-0.1, -0.05) is 128 Å². The van der Waals surface area contributed by atoms with Gasteiger partial charge in [0.05, 0.1) is 25.6 Å². The molecule has 0 aliphatic carbocycles. The summed E-state index contributed by atoms with van der Waals surface area (Å²) in [7, 11) is 0. The third-order valence-electron chi connectivity index (χ3n) is 7.68. The lowest BCUT2D eigenvalue weighted by Gasteiger charge is -2.09. The molecule has 6 heteroatoms. The fraction of sp³-hybridized carbons (Fsp3) is 0.528. The number of hydrogen-bond donors (Lipinski definition) is 0. The highest BCUT2D eigenvalue weighted by molar-refractivity contribution is 5.68. The zero-order valence-corrected chi connectivity index (χ0v) is 26.0. The van der Waals surface area contributed by atoms with E-state index in [1.54, 1.807) is 0 Å². The minimum Gasteiger partial charge on any atom is -0.494 e. The molecule has 0 saturated carbocycles. The van der Waals surface area contributed by atoms with Crippen LogP contribution < -0.4 is 9.47 Å². The van der Waals surface area contributed by atoms with E-state index in [2.05, 4.69) is 55.0 Å². The molecule has 1 atom stereocenters. The Morgan fingerprint density at radius 3 is 1.86 bits per heavy atom. The number of rotatable bonds is 20. The van der Waals surface area contributed by atoms with Gasteiger partial charge in [0, 0.05) is 5.56 Å². The lowest BCUT2D eigenvalue weighted by atomic mass is 10.0. The fourth-order valence-electron chi connectivity index (χ4n) is 4.76. The minimum absolute atomic E-state index is 0.268. The molecule has 3 rings (SSSR count). The molecular weight excluding hydrogens is 524 g/mol. The van der Waals surface area contributed by atoms with E-state index in [4.69, 9.17) is 14.2 Å². The molecule has 0 N–H and O–H groups in total. The van der Waals surface area contributed by atoms with Crippen molar-refractivity contribution in [2.24, 2.45) is 5.92 Å². The van der Waals surface area contributed by atoms with Crippen LogP contribution in [-0.2, 0) is 4.74 Å². The first-order chi connectivity index (χ1) is 20.6. The van der Waals surface area contributed by atoms with Crippen molar-refractivity contribution in [3.8, 4) is 34.0 Å². The molecular formula is C36H50N2O4. The van der Waals surface area contributed by atoms with Gasteiger partial charge in [-0.2, -0.15) is 0 Å². The van der Waals surface area contributed by atoms with Crippen LogP contribution in [0.25, 0.3) is 22.5 Å². The monoisotopic (exact) mass is 574 g/mol. The molecule has 228 valence electrons. The zero-order chi connectivity index (χ0) is 29.8. The van der Waals surface area contributed by atoms with E-state index in [9.17, 15) is 4.79 Å². The number of carbonyl (C=O) groups is 1. The summed E-state index contributed by atoms with van der Waals surface area (Å²) in [5, 5.41) is 0. The second kappa shape index (κ2) is 19.7. The topological polar surface area (TPSA) is 70.5 Å². The molecule has 6 nitrogen and oxygen atoms in total. The second-order valence-electron chi connectivity index (χ2n) is 11.2. The molecule has 0 aliphatic rings. The van der Waals surface area contributed by atoms with Crippen LogP contribution in [0.3, 0.4) is 0 Å². The quantitative estimate of drug-likeness (QED) is 0.0987. The normalized spacial score (nSPS) is 11.7. The van der Waals surface area contributed by atoms with E-state index < -0.39 is 6.16 Å². The average Bonchev–Trinajstić information content (AvgIpc) is 3.02. The third kappa shape index (κ3) is 12.6. The number of hydrogen-bond acceptors (Lipinski definition) is 6. The van der Waals surface area contributed by atoms with Crippen LogP contribution in [0.4, 0.5) is 4.79 Å².